The molecule has 4 heteroatoms. The topological polar surface area (TPSA) is 35.6 Å². The van der Waals surface area contributed by atoms with Crippen molar-refractivity contribution in [1.82, 2.24) is 15.1 Å². The van der Waals surface area contributed by atoms with Crippen molar-refractivity contribution in [3.05, 3.63) is 35.9 Å². The SMILES string of the molecule is C[C@H](NC(=O)CCN1CCN(C2CCCCC2)CC1)c1ccccc1. The molecule has 0 unspecified atom stereocenters. The summed E-state index contributed by atoms with van der Waals surface area (Å²) in [6, 6.07) is 11.1. The van der Waals surface area contributed by atoms with E-state index in [0.29, 0.717) is 6.42 Å². The molecule has 25 heavy (non-hydrogen) atoms. The van der Waals surface area contributed by atoms with Gasteiger partial charge in [0.25, 0.3) is 0 Å². The molecule has 0 spiro atoms. The fraction of sp³-hybridized carbons (Fsp3) is 0.667. The predicted octanol–water partition coefficient (Wildman–Crippen LogP) is 3.20. The van der Waals surface area contributed by atoms with Crippen LogP contribution in [0, 0.1) is 0 Å². The van der Waals surface area contributed by atoms with E-state index in [1.165, 1.54) is 45.2 Å². The second-order valence-corrected chi connectivity index (χ2v) is 7.62. The number of rotatable bonds is 6. The molecule has 1 atom stereocenters. The number of nitrogens with zero attached hydrogens (tertiary/aromatic N) is 2. The number of amides is 1. The molecule has 138 valence electrons. The lowest BCUT2D eigenvalue weighted by atomic mass is 9.94. The van der Waals surface area contributed by atoms with Gasteiger partial charge in [-0.2, -0.15) is 0 Å². The van der Waals surface area contributed by atoms with Crippen molar-refractivity contribution in [2.24, 2.45) is 0 Å². The van der Waals surface area contributed by atoms with E-state index >= 15 is 0 Å². The third-order valence-corrected chi connectivity index (χ3v) is 5.83. The number of benzene rings is 1. The standard InChI is InChI=1S/C21H33N3O/c1-18(19-8-4-2-5-9-19)22-21(25)12-13-23-14-16-24(17-15-23)20-10-6-3-7-11-20/h2,4-5,8-9,18,20H,3,6-7,10-17H2,1H3,(H,22,25)/t18-/m0/s1. The molecule has 1 aromatic carbocycles. The third kappa shape index (κ3) is 5.55. The molecule has 1 aromatic rings. The van der Waals surface area contributed by atoms with Gasteiger partial charge in [0.05, 0.1) is 6.04 Å². The molecule has 1 aliphatic carbocycles. The van der Waals surface area contributed by atoms with Crippen molar-refractivity contribution >= 4 is 5.91 Å². The van der Waals surface area contributed by atoms with Crippen molar-refractivity contribution in [3.8, 4) is 0 Å². The number of nitrogens with one attached hydrogen (secondary N) is 1. The minimum absolute atomic E-state index is 0.0804. The Morgan fingerprint density at radius 2 is 1.76 bits per heavy atom. The van der Waals surface area contributed by atoms with E-state index in [1.807, 2.05) is 18.2 Å². The van der Waals surface area contributed by atoms with Gasteiger partial charge in [-0.25, -0.2) is 0 Å². The van der Waals surface area contributed by atoms with Crippen molar-refractivity contribution < 1.29 is 4.79 Å². The zero-order chi connectivity index (χ0) is 17.5. The van der Waals surface area contributed by atoms with Gasteiger partial charge in [-0.1, -0.05) is 49.6 Å². The van der Waals surface area contributed by atoms with E-state index in [2.05, 4.69) is 34.2 Å². The van der Waals surface area contributed by atoms with Crippen LogP contribution in [-0.4, -0.2) is 54.5 Å². The summed E-state index contributed by atoms with van der Waals surface area (Å²) in [4.78, 5) is 17.4. The molecule has 1 saturated carbocycles. The molecule has 2 fully saturated rings. The van der Waals surface area contributed by atoms with Crippen molar-refractivity contribution in [2.45, 2.75) is 57.5 Å². The quantitative estimate of drug-likeness (QED) is 0.861. The Bertz CT molecular complexity index is 519. The van der Waals surface area contributed by atoms with E-state index in [9.17, 15) is 4.79 Å². The highest BCUT2D eigenvalue weighted by atomic mass is 16.1. The Balaban J connectivity index is 1.34. The Kier molecular flexibility index (Phi) is 6.88. The molecule has 4 nitrogen and oxygen atoms in total. The minimum Gasteiger partial charge on any atom is -0.350 e. The average molecular weight is 344 g/mol. The second kappa shape index (κ2) is 9.35. The summed E-state index contributed by atoms with van der Waals surface area (Å²) in [5, 5.41) is 3.12. The Morgan fingerprint density at radius 1 is 1.08 bits per heavy atom. The maximum atomic E-state index is 12.2. The van der Waals surface area contributed by atoms with Gasteiger partial charge in [-0.3, -0.25) is 9.69 Å². The first-order chi connectivity index (χ1) is 12.2. The zero-order valence-electron chi connectivity index (χ0n) is 15.6. The molecule has 1 N–H and O–H groups in total. The van der Waals surface area contributed by atoms with E-state index in [0.717, 1.165) is 31.2 Å². The summed E-state index contributed by atoms with van der Waals surface area (Å²) in [5.74, 6) is 0.158. The normalized spacial score (nSPS) is 21.8. The average Bonchev–Trinajstić information content (AvgIpc) is 2.68. The first-order valence-electron chi connectivity index (χ1n) is 10.0. The number of piperazine rings is 1. The highest BCUT2D eigenvalue weighted by Gasteiger charge is 2.25. The highest BCUT2D eigenvalue weighted by Crippen LogP contribution is 2.23. The molecule has 3 rings (SSSR count). The predicted molar refractivity (Wildman–Crippen MR) is 103 cm³/mol. The van der Waals surface area contributed by atoms with E-state index in [-0.39, 0.29) is 11.9 Å². The Hall–Kier alpha value is -1.39. The number of carbonyl (C=O) groups is 1. The molecular formula is C21H33N3O. The lowest BCUT2D eigenvalue weighted by Gasteiger charge is -2.40. The van der Waals surface area contributed by atoms with E-state index in [4.69, 9.17) is 0 Å². The van der Waals surface area contributed by atoms with Crippen molar-refractivity contribution in [2.75, 3.05) is 32.7 Å². The van der Waals surface area contributed by atoms with Gasteiger partial charge in [0.2, 0.25) is 5.91 Å². The van der Waals surface area contributed by atoms with Crippen molar-refractivity contribution in [1.29, 1.82) is 0 Å². The number of hydrogen-bond donors (Lipinski definition) is 1. The smallest absolute Gasteiger partial charge is 0.221 e. The van der Waals surface area contributed by atoms with Gasteiger partial charge >= 0.3 is 0 Å². The largest absolute Gasteiger partial charge is 0.350 e. The van der Waals surface area contributed by atoms with Crippen LogP contribution >= 0.6 is 0 Å². The fourth-order valence-corrected chi connectivity index (χ4v) is 4.20. The maximum absolute atomic E-state index is 12.2. The van der Waals surface area contributed by atoms with Crippen LogP contribution in [-0.2, 0) is 4.79 Å². The third-order valence-electron chi connectivity index (χ3n) is 5.83. The summed E-state index contributed by atoms with van der Waals surface area (Å²) in [7, 11) is 0. The van der Waals surface area contributed by atoms with Crippen LogP contribution in [0.25, 0.3) is 0 Å². The number of hydrogen-bond acceptors (Lipinski definition) is 3. The van der Waals surface area contributed by atoms with Crippen molar-refractivity contribution in [3.63, 3.8) is 0 Å². The van der Waals surface area contributed by atoms with E-state index < -0.39 is 0 Å². The van der Waals surface area contributed by atoms with Crippen LogP contribution in [0.3, 0.4) is 0 Å². The van der Waals surface area contributed by atoms with Gasteiger partial charge in [-0.15, -0.1) is 0 Å². The maximum Gasteiger partial charge on any atom is 0.221 e. The molecule has 2 aliphatic rings. The first kappa shape index (κ1) is 18.4. The zero-order valence-corrected chi connectivity index (χ0v) is 15.6. The molecule has 0 radical (unpaired) electrons. The summed E-state index contributed by atoms with van der Waals surface area (Å²) >= 11 is 0. The first-order valence-corrected chi connectivity index (χ1v) is 10.0. The highest BCUT2D eigenvalue weighted by molar-refractivity contribution is 5.76. The van der Waals surface area contributed by atoms with Crippen LogP contribution < -0.4 is 5.32 Å². The van der Waals surface area contributed by atoms with Gasteiger partial charge in [0.1, 0.15) is 0 Å². The molecule has 0 bridgehead atoms. The van der Waals surface area contributed by atoms with Gasteiger partial charge < -0.3 is 10.2 Å². The summed E-state index contributed by atoms with van der Waals surface area (Å²) in [6.07, 6.45) is 7.61. The van der Waals surface area contributed by atoms with Gasteiger partial charge in [0, 0.05) is 45.2 Å². The minimum atomic E-state index is 0.0804. The number of carbonyl (C=O) groups excluding carboxylic acids is 1. The summed E-state index contributed by atoms with van der Waals surface area (Å²) in [6.45, 7) is 7.50. The van der Waals surface area contributed by atoms with Crippen LogP contribution in [0.4, 0.5) is 0 Å². The molecule has 1 saturated heterocycles. The van der Waals surface area contributed by atoms with Crippen LogP contribution in [0.2, 0.25) is 0 Å². The monoisotopic (exact) mass is 343 g/mol. The lowest BCUT2D eigenvalue weighted by Crippen LogP contribution is -2.51. The van der Waals surface area contributed by atoms with E-state index in [1.54, 1.807) is 0 Å². The van der Waals surface area contributed by atoms with Crippen LogP contribution in [0.15, 0.2) is 30.3 Å². The molecule has 1 heterocycles. The molecule has 1 amide bonds. The molecule has 0 aromatic heterocycles. The summed E-state index contributed by atoms with van der Waals surface area (Å²) in [5.41, 5.74) is 1.16. The fourth-order valence-electron chi connectivity index (χ4n) is 4.20. The van der Waals surface area contributed by atoms with Crippen LogP contribution in [0.1, 0.15) is 57.1 Å². The second-order valence-electron chi connectivity index (χ2n) is 7.62. The molecule has 1 aliphatic heterocycles. The Morgan fingerprint density at radius 3 is 2.44 bits per heavy atom. The Labute approximate surface area is 152 Å². The lowest BCUT2D eigenvalue weighted by molar-refractivity contribution is -0.122. The van der Waals surface area contributed by atoms with Crippen LogP contribution in [0.5, 0.6) is 0 Å². The summed E-state index contributed by atoms with van der Waals surface area (Å²) < 4.78 is 0. The van der Waals surface area contributed by atoms with Gasteiger partial charge in [-0.05, 0) is 25.3 Å². The van der Waals surface area contributed by atoms with Gasteiger partial charge in [0.15, 0.2) is 0 Å². The molecular weight excluding hydrogens is 310 g/mol.